The van der Waals surface area contributed by atoms with Gasteiger partial charge < -0.3 is 10.1 Å². The van der Waals surface area contributed by atoms with Gasteiger partial charge in [-0.3, -0.25) is 0 Å². The summed E-state index contributed by atoms with van der Waals surface area (Å²) in [7, 11) is 0. The normalized spacial score (nSPS) is 15.0. The molecule has 4 heteroatoms. The first-order valence-corrected chi connectivity index (χ1v) is 8.25. The second kappa shape index (κ2) is 7.74. The van der Waals surface area contributed by atoms with E-state index in [1.54, 1.807) is 0 Å². The predicted molar refractivity (Wildman–Crippen MR) is 85.5 cm³/mol. The monoisotopic (exact) mass is 291 g/mol. The quantitative estimate of drug-likeness (QED) is 0.756. The third kappa shape index (κ3) is 5.62. The van der Waals surface area contributed by atoms with Crippen LogP contribution in [-0.2, 0) is 6.54 Å². The molecule has 0 amide bonds. The highest BCUT2D eigenvalue weighted by Gasteiger charge is 2.21. The Kier molecular flexibility index (Phi) is 5.97. The Morgan fingerprint density at radius 1 is 1.29 bits per heavy atom. The van der Waals surface area contributed by atoms with E-state index in [-0.39, 0.29) is 0 Å². The third-order valence-corrected chi connectivity index (χ3v) is 3.69. The van der Waals surface area contributed by atoms with Crippen LogP contribution >= 0.6 is 0 Å². The molecule has 0 aliphatic heterocycles. The van der Waals surface area contributed by atoms with Crippen LogP contribution in [-0.4, -0.2) is 23.1 Å². The fourth-order valence-corrected chi connectivity index (χ4v) is 2.17. The molecule has 1 heterocycles. The Labute approximate surface area is 128 Å². The molecule has 21 heavy (non-hydrogen) atoms. The molecule has 0 saturated heterocycles. The highest BCUT2D eigenvalue weighted by molar-refractivity contribution is 5.25. The van der Waals surface area contributed by atoms with Crippen molar-refractivity contribution in [3.63, 3.8) is 0 Å². The zero-order chi connectivity index (χ0) is 15.2. The standard InChI is InChI=1S/C17H29N3O/c1-12(2)9-18-10-15-16(21-8-7-14-5-6-14)11-19-17(20-15)13(3)4/h11-14,18H,5-10H2,1-4H3. The molecule has 1 N–H and O–H groups in total. The minimum atomic E-state index is 0.342. The predicted octanol–water partition coefficient (Wildman–Crippen LogP) is 3.52. The summed E-state index contributed by atoms with van der Waals surface area (Å²) >= 11 is 0. The molecule has 0 unspecified atom stereocenters. The van der Waals surface area contributed by atoms with Crippen LogP contribution in [0.1, 0.15) is 64.4 Å². The number of nitrogens with zero attached hydrogens (tertiary/aromatic N) is 2. The summed E-state index contributed by atoms with van der Waals surface area (Å²) in [6.07, 6.45) is 5.75. The molecule has 1 aromatic heterocycles. The van der Waals surface area contributed by atoms with Crippen molar-refractivity contribution in [3.05, 3.63) is 17.7 Å². The summed E-state index contributed by atoms with van der Waals surface area (Å²) in [4.78, 5) is 9.12. The Morgan fingerprint density at radius 3 is 2.67 bits per heavy atom. The Hall–Kier alpha value is -1.16. The maximum Gasteiger partial charge on any atom is 0.160 e. The van der Waals surface area contributed by atoms with E-state index in [4.69, 9.17) is 4.74 Å². The lowest BCUT2D eigenvalue weighted by molar-refractivity contribution is 0.295. The van der Waals surface area contributed by atoms with Crippen LogP contribution in [0.15, 0.2) is 6.20 Å². The van der Waals surface area contributed by atoms with Crippen LogP contribution in [0, 0.1) is 11.8 Å². The summed E-state index contributed by atoms with van der Waals surface area (Å²) in [6.45, 7) is 11.2. The van der Waals surface area contributed by atoms with E-state index in [0.717, 1.165) is 49.3 Å². The molecule has 1 aliphatic rings. The van der Waals surface area contributed by atoms with Crippen molar-refractivity contribution >= 4 is 0 Å². The van der Waals surface area contributed by atoms with Gasteiger partial charge in [0, 0.05) is 12.5 Å². The van der Waals surface area contributed by atoms with E-state index in [0.29, 0.717) is 11.8 Å². The first-order valence-electron chi connectivity index (χ1n) is 8.25. The molecular weight excluding hydrogens is 262 g/mol. The smallest absolute Gasteiger partial charge is 0.160 e. The average Bonchev–Trinajstić information content (AvgIpc) is 3.23. The Bertz CT molecular complexity index is 442. The van der Waals surface area contributed by atoms with Gasteiger partial charge in [0.15, 0.2) is 5.75 Å². The molecule has 1 aliphatic carbocycles. The van der Waals surface area contributed by atoms with E-state index < -0.39 is 0 Å². The van der Waals surface area contributed by atoms with Crippen molar-refractivity contribution in [1.82, 2.24) is 15.3 Å². The SMILES string of the molecule is CC(C)CNCc1nc(C(C)C)ncc1OCCC1CC1. The maximum absolute atomic E-state index is 5.92. The van der Waals surface area contributed by atoms with Gasteiger partial charge in [-0.25, -0.2) is 9.97 Å². The van der Waals surface area contributed by atoms with E-state index in [2.05, 4.69) is 43.0 Å². The molecule has 1 saturated carbocycles. The zero-order valence-corrected chi connectivity index (χ0v) is 13.9. The second-order valence-corrected chi connectivity index (χ2v) is 6.80. The molecule has 1 aromatic rings. The van der Waals surface area contributed by atoms with Gasteiger partial charge in [0.25, 0.3) is 0 Å². The van der Waals surface area contributed by atoms with Crippen LogP contribution in [0.2, 0.25) is 0 Å². The van der Waals surface area contributed by atoms with Crippen LogP contribution in [0.4, 0.5) is 0 Å². The summed E-state index contributed by atoms with van der Waals surface area (Å²) in [6, 6.07) is 0. The highest BCUT2D eigenvalue weighted by Crippen LogP contribution is 2.32. The maximum atomic E-state index is 5.92. The number of nitrogens with one attached hydrogen (secondary N) is 1. The van der Waals surface area contributed by atoms with Gasteiger partial charge in [-0.15, -0.1) is 0 Å². The lowest BCUT2D eigenvalue weighted by Gasteiger charge is -2.14. The summed E-state index contributed by atoms with van der Waals surface area (Å²) in [5.41, 5.74) is 0.991. The van der Waals surface area contributed by atoms with Crippen LogP contribution < -0.4 is 10.1 Å². The van der Waals surface area contributed by atoms with Gasteiger partial charge in [-0.1, -0.05) is 40.5 Å². The third-order valence-electron chi connectivity index (χ3n) is 3.69. The van der Waals surface area contributed by atoms with E-state index in [9.17, 15) is 0 Å². The summed E-state index contributed by atoms with van der Waals surface area (Å²) in [5.74, 6) is 3.61. The number of rotatable bonds is 9. The van der Waals surface area contributed by atoms with Crippen LogP contribution in [0.25, 0.3) is 0 Å². The van der Waals surface area contributed by atoms with Crippen LogP contribution in [0.5, 0.6) is 5.75 Å². The van der Waals surface area contributed by atoms with Crippen molar-refractivity contribution in [2.45, 2.75) is 59.4 Å². The largest absolute Gasteiger partial charge is 0.490 e. The van der Waals surface area contributed by atoms with Crippen molar-refractivity contribution in [1.29, 1.82) is 0 Å². The number of hydrogen-bond acceptors (Lipinski definition) is 4. The van der Waals surface area contributed by atoms with E-state index >= 15 is 0 Å². The second-order valence-electron chi connectivity index (χ2n) is 6.80. The zero-order valence-electron chi connectivity index (χ0n) is 13.9. The van der Waals surface area contributed by atoms with Gasteiger partial charge in [0.05, 0.1) is 18.5 Å². The van der Waals surface area contributed by atoms with Gasteiger partial charge in [-0.05, 0) is 24.8 Å². The van der Waals surface area contributed by atoms with Crippen LogP contribution in [0.3, 0.4) is 0 Å². The molecule has 0 spiro atoms. The average molecular weight is 291 g/mol. The Morgan fingerprint density at radius 2 is 2.05 bits per heavy atom. The lowest BCUT2D eigenvalue weighted by atomic mass is 10.2. The number of aromatic nitrogens is 2. The molecule has 0 aromatic carbocycles. The van der Waals surface area contributed by atoms with Crippen molar-refractivity contribution in [2.24, 2.45) is 11.8 Å². The fourth-order valence-electron chi connectivity index (χ4n) is 2.17. The summed E-state index contributed by atoms with van der Waals surface area (Å²) < 4.78 is 5.92. The van der Waals surface area contributed by atoms with Crippen molar-refractivity contribution in [2.75, 3.05) is 13.2 Å². The molecule has 0 bridgehead atoms. The first kappa shape index (κ1) is 16.2. The molecule has 0 atom stereocenters. The molecule has 118 valence electrons. The van der Waals surface area contributed by atoms with Gasteiger partial charge in [0.2, 0.25) is 0 Å². The molecule has 1 fully saturated rings. The summed E-state index contributed by atoms with van der Waals surface area (Å²) in [5, 5.41) is 3.45. The minimum Gasteiger partial charge on any atom is -0.490 e. The topological polar surface area (TPSA) is 47.0 Å². The molecule has 2 rings (SSSR count). The number of ether oxygens (including phenoxy) is 1. The van der Waals surface area contributed by atoms with E-state index in [1.807, 2.05) is 6.20 Å². The minimum absolute atomic E-state index is 0.342. The number of hydrogen-bond donors (Lipinski definition) is 1. The van der Waals surface area contributed by atoms with Gasteiger partial charge in [-0.2, -0.15) is 0 Å². The lowest BCUT2D eigenvalue weighted by Crippen LogP contribution is -2.21. The van der Waals surface area contributed by atoms with E-state index in [1.165, 1.54) is 12.8 Å². The van der Waals surface area contributed by atoms with Crippen molar-refractivity contribution < 1.29 is 4.74 Å². The van der Waals surface area contributed by atoms with Gasteiger partial charge >= 0.3 is 0 Å². The van der Waals surface area contributed by atoms with Crippen molar-refractivity contribution in [3.8, 4) is 5.75 Å². The molecule has 0 radical (unpaired) electrons. The highest BCUT2D eigenvalue weighted by atomic mass is 16.5. The van der Waals surface area contributed by atoms with Gasteiger partial charge in [0.1, 0.15) is 5.82 Å². The Balaban J connectivity index is 1.97. The molecule has 4 nitrogen and oxygen atoms in total. The fraction of sp³-hybridized carbons (Fsp3) is 0.765. The molecular formula is C17H29N3O. The first-order chi connectivity index (χ1) is 10.1.